The molecule has 1 unspecified atom stereocenters. The van der Waals surface area contributed by atoms with E-state index >= 15 is 0 Å². The van der Waals surface area contributed by atoms with Crippen LogP contribution in [-0.4, -0.2) is 64.2 Å². The summed E-state index contributed by atoms with van der Waals surface area (Å²) in [5.74, 6) is -0.435. The van der Waals surface area contributed by atoms with Crippen molar-refractivity contribution in [3.63, 3.8) is 0 Å². The van der Waals surface area contributed by atoms with Crippen LogP contribution >= 0.6 is 0 Å². The summed E-state index contributed by atoms with van der Waals surface area (Å²) in [6, 6.07) is 5.06. The second kappa shape index (κ2) is 8.24. The highest BCUT2D eigenvalue weighted by molar-refractivity contribution is 5.74. The highest BCUT2D eigenvalue weighted by Crippen LogP contribution is 2.24. The lowest BCUT2D eigenvalue weighted by Gasteiger charge is -2.41. The van der Waals surface area contributed by atoms with Crippen LogP contribution in [0.1, 0.15) is 31.8 Å². The molecule has 0 saturated carbocycles. The van der Waals surface area contributed by atoms with Gasteiger partial charge < -0.3 is 11.5 Å². The Morgan fingerprint density at radius 3 is 2.39 bits per heavy atom. The molecular formula is C20H29FN6O. The van der Waals surface area contributed by atoms with Crippen LogP contribution in [0.3, 0.4) is 0 Å². The zero-order valence-electron chi connectivity index (χ0n) is 16.1. The maximum Gasteiger partial charge on any atom is 0.252 e. The summed E-state index contributed by atoms with van der Waals surface area (Å²) >= 11 is 0. The van der Waals surface area contributed by atoms with Gasteiger partial charge in [-0.1, -0.05) is 0 Å². The zero-order valence-corrected chi connectivity index (χ0v) is 16.1. The topological polar surface area (TPSA) is 93.4 Å². The first-order valence-corrected chi connectivity index (χ1v) is 10.2. The molecule has 4 N–H and O–H groups in total. The number of nitrogens with zero attached hydrogens (tertiary/aromatic N) is 4. The van der Waals surface area contributed by atoms with Crippen LogP contribution in [-0.2, 0) is 0 Å². The van der Waals surface area contributed by atoms with Gasteiger partial charge in [0, 0.05) is 43.9 Å². The zero-order chi connectivity index (χ0) is 19.7. The minimum atomic E-state index is -0.435. The quantitative estimate of drug-likeness (QED) is 0.808. The van der Waals surface area contributed by atoms with Gasteiger partial charge in [0.25, 0.3) is 5.56 Å². The fraction of sp³-hybridized carbons (Fsp3) is 0.600. The molecule has 1 atom stereocenters. The molecule has 2 aliphatic rings. The third-order valence-corrected chi connectivity index (χ3v) is 6.09. The average Bonchev–Trinajstić information content (AvgIpc) is 2.69. The molecule has 152 valence electrons. The third-order valence-electron chi connectivity index (χ3n) is 6.09. The van der Waals surface area contributed by atoms with Crippen LogP contribution < -0.4 is 17.0 Å². The van der Waals surface area contributed by atoms with Crippen molar-refractivity contribution in [2.45, 2.75) is 43.9 Å². The first-order valence-electron chi connectivity index (χ1n) is 10.2. The van der Waals surface area contributed by atoms with E-state index < -0.39 is 5.82 Å². The van der Waals surface area contributed by atoms with E-state index in [1.54, 1.807) is 10.6 Å². The number of fused-ring (bicyclic) bond motifs is 1. The van der Waals surface area contributed by atoms with E-state index in [0.29, 0.717) is 17.6 Å². The summed E-state index contributed by atoms with van der Waals surface area (Å²) in [6.45, 7) is 4.18. The van der Waals surface area contributed by atoms with Gasteiger partial charge >= 0.3 is 0 Å². The van der Waals surface area contributed by atoms with Gasteiger partial charge in [0.05, 0.1) is 17.2 Å². The van der Waals surface area contributed by atoms with Crippen molar-refractivity contribution < 1.29 is 4.39 Å². The van der Waals surface area contributed by atoms with Gasteiger partial charge in [0.15, 0.2) is 0 Å². The molecule has 0 bridgehead atoms. The fourth-order valence-corrected chi connectivity index (χ4v) is 4.36. The van der Waals surface area contributed by atoms with Gasteiger partial charge in [-0.05, 0) is 44.8 Å². The van der Waals surface area contributed by atoms with Gasteiger partial charge in [-0.25, -0.2) is 4.39 Å². The van der Waals surface area contributed by atoms with Crippen LogP contribution in [0, 0.1) is 5.82 Å². The van der Waals surface area contributed by atoms with Crippen molar-refractivity contribution >= 4 is 11.0 Å². The van der Waals surface area contributed by atoms with E-state index in [1.807, 2.05) is 0 Å². The van der Waals surface area contributed by atoms with Gasteiger partial charge in [0.2, 0.25) is 0 Å². The van der Waals surface area contributed by atoms with E-state index in [1.165, 1.54) is 18.3 Å². The van der Waals surface area contributed by atoms with Crippen molar-refractivity contribution in [2.24, 2.45) is 11.5 Å². The van der Waals surface area contributed by atoms with Crippen molar-refractivity contribution in [1.29, 1.82) is 0 Å². The molecule has 0 spiro atoms. The minimum Gasteiger partial charge on any atom is -0.328 e. The van der Waals surface area contributed by atoms with Crippen LogP contribution in [0.5, 0.6) is 0 Å². The molecule has 4 rings (SSSR count). The molecule has 0 aromatic carbocycles. The standard InChI is InChI=1S/C20H29FN6O/c21-14-11-18-17(24-12-14)1-2-20(28)27(18)19(26-9-5-16(23)6-10-26)13-25-7-3-15(22)4-8-25/h1-2,11-12,15-16,19H,3-10,13,22-23H2. The molecule has 2 aromatic rings. The summed E-state index contributed by atoms with van der Waals surface area (Å²) in [7, 11) is 0. The molecule has 0 amide bonds. The van der Waals surface area contributed by atoms with Crippen molar-refractivity contribution in [2.75, 3.05) is 32.7 Å². The molecule has 2 fully saturated rings. The fourth-order valence-electron chi connectivity index (χ4n) is 4.36. The summed E-state index contributed by atoms with van der Waals surface area (Å²) in [6.07, 6.45) is 4.72. The van der Waals surface area contributed by atoms with Gasteiger partial charge in [-0.3, -0.25) is 24.1 Å². The predicted octanol–water partition coefficient (Wildman–Crippen LogP) is 0.880. The Balaban J connectivity index is 1.72. The van der Waals surface area contributed by atoms with E-state index in [2.05, 4.69) is 14.8 Å². The average molecular weight is 388 g/mol. The summed E-state index contributed by atoms with van der Waals surface area (Å²) < 4.78 is 15.7. The lowest BCUT2D eigenvalue weighted by Crippen LogP contribution is -2.51. The number of pyridine rings is 2. The maximum atomic E-state index is 14.0. The molecule has 2 aliphatic heterocycles. The van der Waals surface area contributed by atoms with Crippen LogP contribution in [0.15, 0.2) is 29.2 Å². The molecule has 0 aliphatic carbocycles. The summed E-state index contributed by atoms with van der Waals surface area (Å²) in [5, 5.41) is 0. The van der Waals surface area contributed by atoms with Crippen LogP contribution in [0.25, 0.3) is 11.0 Å². The summed E-state index contributed by atoms with van der Waals surface area (Å²) in [5.41, 5.74) is 13.2. The first kappa shape index (κ1) is 19.4. The molecule has 4 heterocycles. The number of hydrogen-bond donors (Lipinski definition) is 2. The van der Waals surface area contributed by atoms with Gasteiger partial charge in [-0.2, -0.15) is 0 Å². The van der Waals surface area contributed by atoms with Crippen LogP contribution in [0.2, 0.25) is 0 Å². The smallest absolute Gasteiger partial charge is 0.252 e. The minimum absolute atomic E-state index is 0.131. The highest BCUT2D eigenvalue weighted by Gasteiger charge is 2.29. The van der Waals surface area contributed by atoms with Gasteiger partial charge in [0.1, 0.15) is 12.0 Å². The lowest BCUT2D eigenvalue weighted by atomic mass is 10.0. The SMILES string of the molecule is NC1CCN(CC(N2CCC(N)CC2)n2c(=O)ccc3ncc(F)cc32)CC1. The second-order valence-electron chi connectivity index (χ2n) is 8.09. The van der Waals surface area contributed by atoms with Crippen molar-refractivity contribution in [3.05, 3.63) is 40.6 Å². The Hall–Kier alpha value is -1.87. The normalized spacial score (nSPS) is 22.0. The molecule has 28 heavy (non-hydrogen) atoms. The number of likely N-dealkylation sites (tertiary alicyclic amines) is 2. The molecule has 0 radical (unpaired) electrons. The van der Waals surface area contributed by atoms with E-state index in [4.69, 9.17) is 11.5 Å². The third kappa shape index (κ3) is 4.10. The predicted molar refractivity (Wildman–Crippen MR) is 107 cm³/mol. The molecule has 2 saturated heterocycles. The number of aromatic nitrogens is 2. The Bertz CT molecular complexity index is 871. The van der Waals surface area contributed by atoms with E-state index in [0.717, 1.165) is 51.9 Å². The van der Waals surface area contributed by atoms with Gasteiger partial charge in [-0.15, -0.1) is 0 Å². The number of hydrogen-bond acceptors (Lipinski definition) is 6. The van der Waals surface area contributed by atoms with Crippen molar-refractivity contribution in [3.8, 4) is 0 Å². The van der Waals surface area contributed by atoms with E-state index in [9.17, 15) is 9.18 Å². The van der Waals surface area contributed by atoms with Crippen LogP contribution in [0.4, 0.5) is 4.39 Å². The second-order valence-corrected chi connectivity index (χ2v) is 8.09. The Morgan fingerprint density at radius 2 is 1.71 bits per heavy atom. The largest absolute Gasteiger partial charge is 0.328 e. The first-order chi connectivity index (χ1) is 13.5. The highest BCUT2D eigenvalue weighted by atomic mass is 19.1. The molecular weight excluding hydrogens is 359 g/mol. The molecule has 8 heteroatoms. The number of nitrogens with two attached hydrogens (primary N) is 2. The lowest BCUT2D eigenvalue weighted by molar-refractivity contribution is 0.0612. The Kier molecular flexibility index (Phi) is 5.73. The molecule has 7 nitrogen and oxygen atoms in total. The Morgan fingerprint density at radius 1 is 1.07 bits per heavy atom. The number of piperidine rings is 2. The maximum absolute atomic E-state index is 14.0. The molecule has 2 aromatic heterocycles. The number of rotatable bonds is 4. The number of halogens is 1. The van der Waals surface area contributed by atoms with E-state index in [-0.39, 0.29) is 23.8 Å². The monoisotopic (exact) mass is 388 g/mol. The Labute approximate surface area is 164 Å². The van der Waals surface area contributed by atoms with Crippen molar-refractivity contribution in [1.82, 2.24) is 19.4 Å². The summed E-state index contributed by atoms with van der Waals surface area (Å²) in [4.78, 5) is 21.8.